The monoisotopic (exact) mass is 302 g/mol. The van der Waals surface area contributed by atoms with E-state index in [4.69, 9.17) is 0 Å². The smallest absolute Gasteiger partial charge is 1.00 e. The average molecular weight is 304 g/mol. The Morgan fingerprint density at radius 3 is 2.00 bits per heavy atom. The van der Waals surface area contributed by atoms with E-state index in [0.29, 0.717) is 5.56 Å². The minimum atomic E-state index is -4.26. The summed E-state index contributed by atoms with van der Waals surface area (Å²) >= 11 is 0. The molecule has 0 radical (unpaired) electrons. The van der Waals surface area contributed by atoms with Gasteiger partial charge in [-0.25, -0.2) is 0 Å². The van der Waals surface area contributed by atoms with Crippen molar-refractivity contribution in [1.29, 1.82) is 0 Å². The summed E-state index contributed by atoms with van der Waals surface area (Å²) < 4.78 is 35.8. The van der Waals surface area contributed by atoms with Crippen LogP contribution in [0.5, 0.6) is 0 Å². The van der Waals surface area contributed by atoms with Gasteiger partial charge in [-0.3, -0.25) is 0 Å². The minimum Gasteiger partial charge on any atom is -1.00 e. The zero-order valence-electron chi connectivity index (χ0n) is 6.74. The molecule has 13 heavy (non-hydrogen) atoms. The summed E-state index contributed by atoms with van der Waals surface area (Å²) in [6.45, 7) is 3.39. The molecule has 0 aliphatic heterocycles. The molecular weight excluding hydrogens is 298 g/mol. The molecule has 0 saturated heterocycles. The van der Waals surface area contributed by atoms with Gasteiger partial charge in [0.1, 0.15) is 0 Å². The van der Waals surface area contributed by atoms with Crippen LogP contribution in [0.25, 0.3) is 0 Å². The van der Waals surface area contributed by atoms with Crippen molar-refractivity contribution in [2.75, 3.05) is 0 Å². The van der Waals surface area contributed by atoms with E-state index in [1.54, 1.807) is 0 Å². The first-order valence-corrected chi connectivity index (χ1v) is 2.99. The van der Waals surface area contributed by atoms with Crippen molar-refractivity contribution >= 4 is 0 Å². The van der Waals surface area contributed by atoms with Crippen LogP contribution in [0.4, 0.5) is 13.2 Å². The maximum atomic E-state index is 11.9. The Balaban J connectivity index is 0. The predicted molar refractivity (Wildman–Crippen MR) is 35.9 cm³/mol. The van der Waals surface area contributed by atoms with E-state index in [1.165, 1.54) is 12.1 Å². The standard InChI is InChI=1S/C8H6F3.BrH.Zn/c1-6-3-2-4-7(5-6)8(9,10)11;;/h2-5H,1H2;1H;/q-1;;+2/p-1. The molecule has 1 rings (SSSR count). The fourth-order valence-electron chi connectivity index (χ4n) is 0.748. The molecule has 0 fully saturated rings. The van der Waals surface area contributed by atoms with Crippen LogP contribution in [-0.4, -0.2) is 0 Å². The van der Waals surface area contributed by atoms with E-state index in [-0.39, 0.29) is 36.5 Å². The molecular formula is C8H6BrF3Zn. The molecule has 0 aliphatic rings. The summed E-state index contributed by atoms with van der Waals surface area (Å²) in [4.78, 5) is 0. The van der Waals surface area contributed by atoms with Crippen LogP contribution in [0.15, 0.2) is 24.3 Å². The fourth-order valence-corrected chi connectivity index (χ4v) is 0.748. The molecule has 0 heterocycles. The molecule has 5 heteroatoms. The van der Waals surface area contributed by atoms with Gasteiger partial charge in [-0.1, -0.05) is 6.07 Å². The molecule has 0 aromatic heterocycles. The van der Waals surface area contributed by atoms with Crippen LogP contribution >= 0.6 is 0 Å². The minimum absolute atomic E-state index is 0. The van der Waals surface area contributed by atoms with Gasteiger partial charge < -0.3 is 17.0 Å². The molecule has 68 valence electrons. The largest absolute Gasteiger partial charge is 2.00 e. The van der Waals surface area contributed by atoms with E-state index >= 15 is 0 Å². The van der Waals surface area contributed by atoms with Gasteiger partial charge in [0.05, 0.1) is 0 Å². The number of hydrogen-bond acceptors (Lipinski definition) is 0. The van der Waals surface area contributed by atoms with Crippen molar-refractivity contribution in [2.45, 2.75) is 6.18 Å². The number of benzene rings is 1. The van der Waals surface area contributed by atoms with Crippen LogP contribution in [0.2, 0.25) is 0 Å². The summed E-state index contributed by atoms with van der Waals surface area (Å²) in [5.41, 5.74) is -0.273. The Labute approximate surface area is 98.1 Å². The van der Waals surface area contributed by atoms with Gasteiger partial charge in [-0.2, -0.15) is 37.8 Å². The summed E-state index contributed by atoms with van der Waals surface area (Å²) in [5, 5.41) is 0. The number of halogens is 4. The third-order valence-corrected chi connectivity index (χ3v) is 1.25. The van der Waals surface area contributed by atoms with E-state index in [2.05, 4.69) is 6.92 Å². The van der Waals surface area contributed by atoms with E-state index in [9.17, 15) is 13.2 Å². The number of alkyl halides is 3. The maximum absolute atomic E-state index is 11.9. The summed E-state index contributed by atoms with van der Waals surface area (Å²) in [6.07, 6.45) is -4.26. The molecule has 0 aliphatic carbocycles. The number of hydrogen-bond donors (Lipinski definition) is 0. The first kappa shape index (κ1) is 15.5. The van der Waals surface area contributed by atoms with Crippen molar-refractivity contribution in [1.82, 2.24) is 0 Å². The summed E-state index contributed by atoms with van der Waals surface area (Å²) in [7, 11) is 0. The summed E-state index contributed by atoms with van der Waals surface area (Å²) in [5.74, 6) is 0. The Kier molecular flexibility index (Phi) is 6.73. The predicted octanol–water partition coefficient (Wildman–Crippen LogP) is -0.111. The molecule has 0 amide bonds. The van der Waals surface area contributed by atoms with Gasteiger partial charge in [0, 0.05) is 0 Å². The normalized spacial score (nSPS) is 9.77. The molecule has 0 spiro atoms. The van der Waals surface area contributed by atoms with Gasteiger partial charge in [0.2, 0.25) is 0 Å². The quantitative estimate of drug-likeness (QED) is 0.463. The summed E-state index contributed by atoms with van der Waals surface area (Å²) in [6, 6.07) is 4.90. The van der Waals surface area contributed by atoms with Crippen molar-refractivity contribution in [3.05, 3.63) is 42.3 Å². The molecule has 1 aromatic rings. The van der Waals surface area contributed by atoms with E-state index < -0.39 is 11.7 Å². The van der Waals surface area contributed by atoms with Gasteiger partial charge in [0.25, 0.3) is 0 Å². The molecule has 0 nitrogen and oxygen atoms in total. The Bertz CT molecular complexity index is 260. The maximum Gasteiger partial charge on any atom is 2.00 e. The molecule has 0 saturated carbocycles. The Morgan fingerprint density at radius 2 is 1.69 bits per heavy atom. The van der Waals surface area contributed by atoms with E-state index in [0.717, 1.165) is 12.1 Å². The van der Waals surface area contributed by atoms with Crippen molar-refractivity contribution in [3.63, 3.8) is 0 Å². The van der Waals surface area contributed by atoms with Crippen LogP contribution < -0.4 is 17.0 Å². The molecule has 0 unspecified atom stereocenters. The van der Waals surface area contributed by atoms with Crippen LogP contribution in [-0.2, 0) is 25.7 Å². The Morgan fingerprint density at radius 1 is 1.15 bits per heavy atom. The fraction of sp³-hybridized carbons (Fsp3) is 0.125. The first-order chi connectivity index (χ1) is 5.00. The Hall–Kier alpha value is -0.0166. The topological polar surface area (TPSA) is 0 Å². The van der Waals surface area contributed by atoms with Gasteiger partial charge in [-0.05, 0) is 5.56 Å². The van der Waals surface area contributed by atoms with Crippen molar-refractivity contribution in [3.8, 4) is 0 Å². The second-order valence-corrected chi connectivity index (χ2v) is 2.20. The van der Waals surface area contributed by atoms with E-state index in [1.807, 2.05) is 0 Å². The first-order valence-electron chi connectivity index (χ1n) is 2.99. The van der Waals surface area contributed by atoms with Crippen LogP contribution in [0.3, 0.4) is 0 Å². The average Bonchev–Trinajstić information content (AvgIpc) is 1.86. The third-order valence-electron chi connectivity index (χ3n) is 1.25. The SMILES string of the molecule is [Br-].[CH2-]c1cccc(C(F)(F)F)c1.[Zn+2]. The molecule has 0 bridgehead atoms. The van der Waals surface area contributed by atoms with Gasteiger partial charge in [0.15, 0.2) is 0 Å². The van der Waals surface area contributed by atoms with Crippen LogP contribution in [0.1, 0.15) is 11.1 Å². The molecule has 1 aromatic carbocycles. The molecule has 0 atom stereocenters. The molecule has 0 N–H and O–H groups in total. The van der Waals surface area contributed by atoms with Gasteiger partial charge >= 0.3 is 25.7 Å². The second-order valence-electron chi connectivity index (χ2n) is 2.20. The third kappa shape index (κ3) is 4.68. The second kappa shape index (κ2) is 5.66. The van der Waals surface area contributed by atoms with Crippen LogP contribution in [0, 0.1) is 6.92 Å². The zero-order chi connectivity index (χ0) is 8.48. The zero-order valence-corrected chi connectivity index (χ0v) is 11.3. The van der Waals surface area contributed by atoms with Crippen molar-refractivity contribution in [2.24, 2.45) is 0 Å². The number of rotatable bonds is 0. The van der Waals surface area contributed by atoms with Gasteiger partial charge in [-0.15, -0.1) is 6.07 Å². The van der Waals surface area contributed by atoms with Crippen molar-refractivity contribution < 1.29 is 49.6 Å².